The third-order valence-electron chi connectivity index (χ3n) is 5.05. The number of rotatable bonds is 1. The number of aliphatic hydroxyl groups excluding tert-OH is 1. The zero-order valence-electron chi connectivity index (χ0n) is 12.1. The first-order valence-corrected chi connectivity index (χ1v) is 8.16. The molecule has 0 aromatic heterocycles. The second-order valence-corrected chi connectivity index (χ2v) is 6.83. The summed E-state index contributed by atoms with van der Waals surface area (Å²) in [7, 11) is 0. The Morgan fingerprint density at radius 2 is 2.20 bits per heavy atom. The van der Waals surface area contributed by atoms with E-state index in [1.807, 2.05) is 18.2 Å². The quantitative estimate of drug-likeness (QED) is 0.799. The molecule has 1 aromatic rings. The first kappa shape index (κ1) is 14.2. The second-order valence-electron chi connectivity index (χ2n) is 6.39. The molecule has 2 nitrogen and oxygen atoms in total. The number of ether oxygens (including phenoxy) is 1. The highest BCUT2D eigenvalue weighted by atomic mass is 35.5. The zero-order valence-corrected chi connectivity index (χ0v) is 12.8. The van der Waals surface area contributed by atoms with E-state index in [2.05, 4.69) is 6.92 Å². The molecule has 0 saturated heterocycles. The fourth-order valence-corrected chi connectivity index (χ4v) is 3.95. The molecule has 1 fully saturated rings. The molecule has 20 heavy (non-hydrogen) atoms. The molecule has 0 amide bonds. The van der Waals surface area contributed by atoms with Gasteiger partial charge >= 0.3 is 0 Å². The van der Waals surface area contributed by atoms with Crippen molar-refractivity contribution in [1.29, 1.82) is 0 Å². The first-order chi connectivity index (χ1) is 9.62. The van der Waals surface area contributed by atoms with Crippen LogP contribution < -0.4 is 4.74 Å². The van der Waals surface area contributed by atoms with Gasteiger partial charge in [0, 0.05) is 17.0 Å². The Morgan fingerprint density at radius 3 is 3.00 bits per heavy atom. The lowest BCUT2D eigenvalue weighted by molar-refractivity contribution is -0.0251. The Morgan fingerprint density at radius 1 is 1.35 bits per heavy atom. The maximum atomic E-state index is 10.5. The number of benzene rings is 1. The summed E-state index contributed by atoms with van der Waals surface area (Å²) >= 11 is 6.02. The summed E-state index contributed by atoms with van der Waals surface area (Å²) in [5, 5.41) is 11.1. The van der Waals surface area contributed by atoms with Crippen LogP contribution in [0.4, 0.5) is 0 Å². The van der Waals surface area contributed by atoms with Gasteiger partial charge in [-0.15, -0.1) is 0 Å². The van der Waals surface area contributed by atoms with Gasteiger partial charge < -0.3 is 9.84 Å². The fourth-order valence-electron chi connectivity index (χ4n) is 3.77. The van der Waals surface area contributed by atoms with Crippen molar-refractivity contribution in [1.82, 2.24) is 0 Å². The van der Waals surface area contributed by atoms with Gasteiger partial charge in [-0.1, -0.05) is 31.4 Å². The van der Waals surface area contributed by atoms with Crippen LogP contribution in [0, 0.1) is 5.92 Å². The molecule has 0 radical (unpaired) electrons. The van der Waals surface area contributed by atoms with Crippen molar-refractivity contribution in [2.45, 2.75) is 63.6 Å². The monoisotopic (exact) mass is 294 g/mol. The van der Waals surface area contributed by atoms with Gasteiger partial charge in [0.1, 0.15) is 11.4 Å². The van der Waals surface area contributed by atoms with Crippen molar-refractivity contribution in [3.63, 3.8) is 0 Å². The third kappa shape index (κ3) is 2.68. The summed E-state index contributed by atoms with van der Waals surface area (Å²) in [5.74, 6) is 1.64. The lowest BCUT2D eigenvalue weighted by Gasteiger charge is -2.40. The molecule has 2 aliphatic rings. The summed E-state index contributed by atoms with van der Waals surface area (Å²) in [5.41, 5.74) is 0.684. The Labute approximate surface area is 126 Å². The standard InChI is InChI=1S/C17H23ClO2/c1-2-12-4-3-8-17(9-7-12)11-15(19)14-10-13(18)5-6-16(14)20-17/h5-6,10,12,15,19H,2-4,7-9,11H2,1H3/t12?,15-,17?/m0/s1. The molecular weight excluding hydrogens is 272 g/mol. The average Bonchev–Trinajstić information content (AvgIpc) is 2.62. The van der Waals surface area contributed by atoms with E-state index in [1.54, 1.807) is 0 Å². The van der Waals surface area contributed by atoms with Gasteiger partial charge in [-0.2, -0.15) is 0 Å². The Bertz CT molecular complexity index is 488. The summed E-state index contributed by atoms with van der Waals surface area (Å²) in [4.78, 5) is 0. The predicted molar refractivity (Wildman–Crippen MR) is 81.3 cm³/mol. The van der Waals surface area contributed by atoms with Gasteiger partial charge in [0.15, 0.2) is 0 Å². The Balaban J connectivity index is 1.85. The lowest BCUT2D eigenvalue weighted by Crippen LogP contribution is -2.40. The van der Waals surface area contributed by atoms with E-state index in [9.17, 15) is 5.11 Å². The van der Waals surface area contributed by atoms with Crippen molar-refractivity contribution in [2.24, 2.45) is 5.92 Å². The van der Waals surface area contributed by atoms with Crippen molar-refractivity contribution >= 4 is 11.6 Å². The van der Waals surface area contributed by atoms with Gasteiger partial charge in [0.25, 0.3) is 0 Å². The highest BCUT2D eigenvalue weighted by molar-refractivity contribution is 6.30. The van der Waals surface area contributed by atoms with Gasteiger partial charge in [0.2, 0.25) is 0 Å². The van der Waals surface area contributed by atoms with Crippen LogP contribution in [0.5, 0.6) is 5.75 Å². The van der Waals surface area contributed by atoms with Gasteiger partial charge in [-0.05, 0) is 49.8 Å². The van der Waals surface area contributed by atoms with Gasteiger partial charge in [-0.3, -0.25) is 0 Å². The minimum absolute atomic E-state index is 0.163. The number of fused-ring (bicyclic) bond motifs is 1. The van der Waals surface area contributed by atoms with Crippen LogP contribution >= 0.6 is 11.6 Å². The molecular formula is C17H23ClO2. The van der Waals surface area contributed by atoms with Crippen molar-refractivity contribution in [2.75, 3.05) is 0 Å². The second kappa shape index (κ2) is 5.57. The topological polar surface area (TPSA) is 29.5 Å². The predicted octanol–water partition coefficient (Wildman–Crippen LogP) is 4.89. The molecule has 0 bridgehead atoms. The minimum atomic E-state index is -0.448. The van der Waals surface area contributed by atoms with E-state index >= 15 is 0 Å². The van der Waals surface area contributed by atoms with E-state index in [-0.39, 0.29) is 5.60 Å². The average molecular weight is 295 g/mol. The van der Waals surface area contributed by atoms with Crippen LogP contribution in [-0.2, 0) is 0 Å². The van der Waals surface area contributed by atoms with Crippen LogP contribution in [0.25, 0.3) is 0 Å². The van der Waals surface area contributed by atoms with Crippen LogP contribution in [-0.4, -0.2) is 10.7 Å². The van der Waals surface area contributed by atoms with Crippen LogP contribution in [0.3, 0.4) is 0 Å². The number of aliphatic hydroxyl groups is 1. The largest absolute Gasteiger partial charge is 0.487 e. The third-order valence-corrected chi connectivity index (χ3v) is 5.29. The van der Waals surface area contributed by atoms with Gasteiger partial charge in [-0.25, -0.2) is 0 Å². The van der Waals surface area contributed by atoms with Crippen LogP contribution in [0.15, 0.2) is 18.2 Å². The fraction of sp³-hybridized carbons (Fsp3) is 0.647. The SMILES string of the molecule is CCC1CCCC2(CC1)C[C@H](O)c1cc(Cl)ccc1O2. The summed E-state index contributed by atoms with van der Waals surface area (Å²) in [6.45, 7) is 2.27. The van der Waals surface area contributed by atoms with Crippen LogP contribution in [0.2, 0.25) is 5.02 Å². The van der Waals surface area contributed by atoms with E-state index in [0.29, 0.717) is 11.4 Å². The molecule has 1 aromatic carbocycles. The molecule has 1 heterocycles. The molecule has 1 N–H and O–H groups in total. The summed E-state index contributed by atoms with van der Waals surface area (Å²) in [6.07, 6.45) is 7.34. The molecule has 110 valence electrons. The molecule has 2 unspecified atom stereocenters. The van der Waals surface area contributed by atoms with Crippen molar-refractivity contribution in [3.05, 3.63) is 28.8 Å². The smallest absolute Gasteiger partial charge is 0.126 e. The highest BCUT2D eigenvalue weighted by Gasteiger charge is 2.41. The maximum absolute atomic E-state index is 10.5. The first-order valence-electron chi connectivity index (χ1n) is 7.78. The molecule has 1 spiro atoms. The minimum Gasteiger partial charge on any atom is -0.487 e. The van der Waals surface area contributed by atoms with Crippen molar-refractivity contribution < 1.29 is 9.84 Å². The maximum Gasteiger partial charge on any atom is 0.126 e. The highest BCUT2D eigenvalue weighted by Crippen LogP contribution is 2.47. The Hall–Kier alpha value is -0.730. The number of hydrogen-bond donors (Lipinski definition) is 1. The molecule has 3 heteroatoms. The molecule has 1 aliphatic heterocycles. The van der Waals surface area contributed by atoms with Crippen LogP contribution in [0.1, 0.15) is 63.5 Å². The van der Waals surface area contributed by atoms with E-state index in [4.69, 9.17) is 16.3 Å². The van der Waals surface area contributed by atoms with Gasteiger partial charge in [0.05, 0.1) is 6.10 Å². The molecule has 1 saturated carbocycles. The zero-order chi connectivity index (χ0) is 14.2. The van der Waals surface area contributed by atoms with E-state index in [0.717, 1.165) is 30.1 Å². The lowest BCUT2D eigenvalue weighted by atomic mass is 9.83. The molecule has 3 atom stereocenters. The number of halogens is 1. The van der Waals surface area contributed by atoms with E-state index < -0.39 is 6.10 Å². The number of hydrogen-bond acceptors (Lipinski definition) is 2. The van der Waals surface area contributed by atoms with Crippen molar-refractivity contribution in [3.8, 4) is 5.75 Å². The molecule has 3 rings (SSSR count). The molecule has 1 aliphatic carbocycles. The normalized spacial score (nSPS) is 33.4. The Kier molecular flexibility index (Phi) is 3.96. The summed E-state index contributed by atoms with van der Waals surface area (Å²) in [6, 6.07) is 5.58. The summed E-state index contributed by atoms with van der Waals surface area (Å²) < 4.78 is 6.34. The van der Waals surface area contributed by atoms with E-state index in [1.165, 1.54) is 25.7 Å².